The van der Waals surface area contributed by atoms with Gasteiger partial charge in [-0.25, -0.2) is 0 Å². The largest absolute Gasteiger partial charge is 0.489 e. The highest BCUT2D eigenvalue weighted by Crippen LogP contribution is 2.46. The van der Waals surface area contributed by atoms with E-state index in [2.05, 4.69) is 25.8 Å². The zero-order chi connectivity index (χ0) is 19.6. The summed E-state index contributed by atoms with van der Waals surface area (Å²) >= 11 is 6.39. The van der Waals surface area contributed by atoms with Crippen LogP contribution >= 0.6 is 11.6 Å². The Hall–Kier alpha value is -1.52. The number of halogens is 1. The molecule has 1 saturated carbocycles. The molecule has 1 aliphatic rings. The van der Waals surface area contributed by atoms with Gasteiger partial charge in [0.2, 0.25) is 0 Å². The molecule has 5 heteroatoms. The van der Waals surface area contributed by atoms with E-state index in [1.807, 2.05) is 12.1 Å². The molecule has 1 unspecified atom stereocenters. The summed E-state index contributed by atoms with van der Waals surface area (Å²) in [5, 5.41) is 1.92. The second kappa shape index (κ2) is 8.24. The maximum atomic E-state index is 11.9. The maximum Gasteiger partial charge on any atom is 0.255 e. The minimum Gasteiger partial charge on any atom is -0.489 e. The molecule has 3 N–H and O–H groups in total. The molecule has 1 heterocycles. The molecular weight excluding hydrogens is 360 g/mol. The Balaban J connectivity index is 1.74. The van der Waals surface area contributed by atoms with Crippen molar-refractivity contribution in [2.45, 2.75) is 71.4 Å². The number of benzene rings is 1. The van der Waals surface area contributed by atoms with Crippen molar-refractivity contribution in [1.29, 1.82) is 0 Å². The van der Waals surface area contributed by atoms with Crippen LogP contribution in [0.15, 0.2) is 29.2 Å². The predicted octanol–water partition coefficient (Wildman–Crippen LogP) is 5.27. The van der Waals surface area contributed by atoms with E-state index in [9.17, 15) is 4.79 Å². The molecule has 1 atom stereocenters. The fourth-order valence-electron chi connectivity index (χ4n) is 4.68. The number of ether oxygens (including phenoxy) is 1. The van der Waals surface area contributed by atoms with Gasteiger partial charge >= 0.3 is 0 Å². The van der Waals surface area contributed by atoms with Gasteiger partial charge in [0.05, 0.1) is 11.1 Å². The van der Waals surface area contributed by atoms with Gasteiger partial charge in [-0.3, -0.25) is 4.79 Å². The molecule has 1 fully saturated rings. The number of H-pyrrole nitrogens is 1. The van der Waals surface area contributed by atoms with Gasteiger partial charge in [-0.1, -0.05) is 38.8 Å². The van der Waals surface area contributed by atoms with Crippen molar-refractivity contribution in [3.8, 4) is 5.75 Å². The van der Waals surface area contributed by atoms with Crippen LogP contribution < -0.4 is 16.0 Å². The van der Waals surface area contributed by atoms with E-state index in [1.54, 1.807) is 12.3 Å². The number of pyridine rings is 1. The van der Waals surface area contributed by atoms with Crippen molar-refractivity contribution in [3.63, 3.8) is 0 Å². The minimum atomic E-state index is -0.134. The minimum absolute atomic E-state index is 0.134. The Morgan fingerprint density at radius 2 is 2.04 bits per heavy atom. The molecule has 0 amide bonds. The lowest BCUT2D eigenvalue weighted by Gasteiger charge is -2.47. The fraction of sp³-hybridized carbons (Fsp3) is 0.591. The molecule has 1 aromatic heterocycles. The van der Waals surface area contributed by atoms with Gasteiger partial charge in [-0.05, 0) is 67.0 Å². The molecule has 148 valence electrons. The smallest absolute Gasteiger partial charge is 0.255 e. The average Bonchev–Trinajstić information content (AvgIpc) is 2.64. The first kappa shape index (κ1) is 20.2. The molecule has 0 spiro atoms. The molecule has 3 rings (SSSR count). The lowest BCUT2D eigenvalue weighted by atomic mass is 9.61. The van der Waals surface area contributed by atoms with Crippen molar-refractivity contribution >= 4 is 22.4 Å². The molecular formula is C22H31ClN2O2. The van der Waals surface area contributed by atoms with Crippen molar-refractivity contribution < 1.29 is 4.74 Å². The van der Waals surface area contributed by atoms with Crippen LogP contribution in [0, 0.1) is 11.3 Å². The Morgan fingerprint density at radius 3 is 2.67 bits per heavy atom. The normalized spacial score (nSPS) is 24.3. The topological polar surface area (TPSA) is 68.1 Å². The number of fused-ring (bicyclic) bond motifs is 1. The summed E-state index contributed by atoms with van der Waals surface area (Å²) in [7, 11) is 0. The van der Waals surface area contributed by atoms with Gasteiger partial charge in [0.1, 0.15) is 5.75 Å². The van der Waals surface area contributed by atoms with Crippen LogP contribution in [0.3, 0.4) is 0 Å². The number of rotatable bonds is 6. The standard InChI is InChI=1S/C22H31ClN2O2/c1-4-5-20(24)22(14(2)3)9-6-16(7-10-22)27-19-12-15-8-11-25-21(26)17(15)13-18(19)23/h8,11-14,16,20H,4-7,9-10,24H2,1-3H3,(H,25,26). The van der Waals surface area contributed by atoms with Crippen LogP contribution in [0.2, 0.25) is 5.02 Å². The zero-order valence-corrected chi connectivity index (χ0v) is 17.3. The first-order valence-electron chi connectivity index (χ1n) is 10.1. The molecule has 0 radical (unpaired) electrons. The molecule has 1 aromatic carbocycles. The van der Waals surface area contributed by atoms with E-state index in [-0.39, 0.29) is 23.1 Å². The SMILES string of the molecule is CCCC(N)C1(C(C)C)CCC(Oc2cc3cc[nH]c(=O)c3cc2Cl)CC1. The van der Waals surface area contributed by atoms with Crippen LogP contribution in [0.1, 0.15) is 59.3 Å². The van der Waals surface area contributed by atoms with Crippen molar-refractivity contribution in [1.82, 2.24) is 4.98 Å². The second-order valence-electron chi connectivity index (χ2n) is 8.28. The summed E-state index contributed by atoms with van der Waals surface area (Å²) in [6.45, 7) is 6.80. The monoisotopic (exact) mass is 390 g/mol. The summed E-state index contributed by atoms with van der Waals surface area (Å²) in [6.07, 6.45) is 8.13. The molecule has 0 aliphatic heterocycles. The number of nitrogens with two attached hydrogens (primary N) is 1. The quantitative estimate of drug-likeness (QED) is 0.705. The van der Waals surface area contributed by atoms with E-state index < -0.39 is 0 Å². The third-order valence-corrected chi connectivity index (χ3v) is 6.77. The number of hydrogen-bond acceptors (Lipinski definition) is 3. The van der Waals surface area contributed by atoms with E-state index in [4.69, 9.17) is 22.1 Å². The highest BCUT2D eigenvalue weighted by atomic mass is 35.5. The summed E-state index contributed by atoms with van der Waals surface area (Å²) in [5.41, 5.74) is 6.67. The number of aromatic nitrogens is 1. The van der Waals surface area contributed by atoms with E-state index >= 15 is 0 Å². The van der Waals surface area contributed by atoms with E-state index in [1.165, 1.54) is 0 Å². The fourth-order valence-corrected chi connectivity index (χ4v) is 4.89. The Morgan fingerprint density at radius 1 is 1.33 bits per heavy atom. The van der Waals surface area contributed by atoms with Gasteiger partial charge in [0, 0.05) is 17.6 Å². The van der Waals surface area contributed by atoms with Crippen LogP contribution in [0.4, 0.5) is 0 Å². The zero-order valence-electron chi connectivity index (χ0n) is 16.6. The third kappa shape index (κ3) is 4.02. The molecule has 27 heavy (non-hydrogen) atoms. The van der Waals surface area contributed by atoms with Crippen LogP contribution in [-0.2, 0) is 0 Å². The van der Waals surface area contributed by atoms with Crippen LogP contribution in [0.5, 0.6) is 5.75 Å². The van der Waals surface area contributed by atoms with Crippen LogP contribution in [0.25, 0.3) is 10.8 Å². The molecule has 4 nitrogen and oxygen atoms in total. The first-order chi connectivity index (χ1) is 12.9. The summed E-state index contributed by atoms with van der Waals surface area (Å²) in [6, 6.07) is 5.69. The lowest BCUT2D eigenvalue weighted by Crippen LogP contribution is -2.49. The van der Waals surface area contributed by atoms with Gasteiger partial charge in [0.25, 0.3) is 5.56 Å². The average molecular weight is 391 g/mol. The van der Waals surface area contributed by atoms with Crippen molar-refractivity contribution in [2.75, 3.05) is 0 Å². The van der Waals surface area contributed by atoms with Crippen LogP contribution in [-0.4, -0.2) is 17.1 Å². The Labute approximate surface area is 166 Å². The van der Waals surface area contributed by atoms with Gasteiger partial charge in [0.15, 0.2) is 0 Å². The molecule has 1 aliphatic carbocycles. The Bertz CT molecular complexity index is 838. The first-order valence-corrected chi connectivity index (χ1v) is 10.5. The molecule has 0 bridgehead atoms. The van der Waals surface area contributed by atoms with Gasteiger partial charge < -0.3 is 15.5 Å². The lowest BCUT2D eigenvalue weighted by molar-refractivity contribution is 0.0243. The number of nitrogens with one attached hydrogen (secondary N) is 1. The third-order valence-electron chi connectivity index (χ3n) is 6.47. The van der Waals surface area contributed by atoms with Crippen molar-refractivity contribution in [3.05, 3.63) is 39.8 Å². The Kier molecular flexibility index (Phi) is 6.17. The molecule has 2 aromatic rings. The highest BCUT2D eigenvalue weighted by Gasteiger charge is 2.42. The highest BCUT2D eigenvalue weighted by molar-refractivity contribution is 6.32. The summed E-state index contributed by atoms with van der Waals surface area (Å²) in [4.78, 5) is 14.6. The molecule has 0 saturated heterocycles. The van der Waals surface area contributed by atoms with Gasteiger partial charge in [-0.2, -0.15) is 0 Å². The summed E-state index contributed by atoms with van der Waals surface area (Å²) < 4.78 is 6.26. The number of hydrogen-bond donors (Lipinski definition) is 2. The van der Waals surface area contributed by atoms with Crippen molar-refractivity contribution in [2.24, 2.45) is 17.1 Å². The summed E-state index contributed by atoms with van der Waals surface area (Å²) in [5.74, 6) is 1.23. The van der Waals surface area contributed by atoms with E-state index in [0.717, 1.165) is 43.9 Å². The number of aromatic amines is 1. The van der Waals surface area contributed by atoms with E-state index in [0.29, 0.717) is 22.1 Å². The predicted molar refractivity (Wildman–Crippen MR) is 113 cm³/mol. The second-order valence-corrected chi connectivity index (χ2v) is 8.68. The maximum absolute atomic E-state index is 11.9. The van der Waals surface area contributed by atoms with Gasteiger partial charge in [-0.15, -0.1) is 0 Å².